The number of morpholine rings is 1. The van der Waals surface area contributed by atoms with Gasteiger partial charge in [0.05, 0.1) is 12.7 Å². The Hall–Kier alpha value is -0.120. The van der Waals surface area contributed by atoms with Gasteiger partial charge in [0.1, 0.15) is 0 Å². The Bertz CT molecular complexity index is 185. The molecule has 0 bridgehead atoms. The molecular weight excluding hydrogens is 200 g/mol. The Morgan fingerprint density at radius 3 is 2.75 bits per heavy atom. The van der Waals surface area contributed by atoms with E-state index in [1.54, 1.807) is 0 Å². The van der Waals surface area contributed by atoms with Crippen LogP contribution in [0.3, 0.4) is 0 Å². The Balaban J connectivity index is 2.16. The van der Waals surface area contributed by atoms with Crippen molar-refractivity contribution in [2.75, 3.05) is 32.8 Å². The van der Waals surface area contributed by atoms with Crippen molar-refractivity contribution in [2.45, 2.75) is 46.3 Å². The number of nitrogens with one attached hydrogen (secondary N) is 1. The molecule has 1 N–H and O–H groups in total. The van der Waals surface area contributed by atoms with E-state index in [0.29, 0.717) is 12.1 Å². The molecule has 1 fully saturated rings. The van der Waals surface area contributed by atoms with Crippen molar-refractivity contribution in [1.29, 1.82) is 0 Å². The number of likely N-dealkylation sites (N-methyl/N-ethyl adjacent to an activating group) is 1. The Labute approximate surface area is 101 Å². The van der Waals surface area contributed by atoms with E-state index < -0.39 is 0 Å². The molecule has 1 aliphatic rings. The fourth-order valence-corrected chi connectivity index (χ4v) is 2.31. The zero-order valence-corrected chi connectivity index (χ0v) is 11.3. The van der Waals surface area contributed by atoms with E-state index in [0.717, 1.165) is 38.7 Å². The quantitative estimate of drug-likeness (QED) is 0.749. The second-order valence-corrected chi connectivity index (χ2v) is 5.32. The van der Waals surface area contributed by atoms with E-state index in [9.17, 15) is 0 Å². The molecule has 3 nitrogen and oxygen atoms in total. The third-order valence-corrected chi connectivity index (χ3v) is 3.19. The molecule has 0 aromatic carbocycles. The summed E-state index contributed by atoms with van der Waals surface area (Å²) in [5.41, 5.74) is 0. The van der Waals surface area contributed by atoms with Crippen molar-refractivity contribution in [1.82, 2.24) is 10.2 Å². The molecule has 1 saturated heterocycles. The third-order valence-electron chi connectivity index (χ3n) is 3.19. The molecule has 0 aromatic rings. The van der Waals surface area contributed by atoms with Gasteiger partial charge in [-0.15, -0.1) is 0 Å². The minimum Gasteiger partial charge on any atom is -0.374 e. The normalized spacial score (nSPS) is 24.9. The highest BCUT2D eigenvalue weighted by Crippen LogP contribution is 2.06. The summed E-state index contributed by atoms with van der Waals surface area (Å²) in [6, 6.07) is 0.598. The van der Waals surface area contributed by atoms with Crippen LogP contribution in [0.1, 0.15) is 34.1 Å². The first-order chi connectivity index (χ1) is 7.61. The minimum atomic E-state index is 0.378. The summed E-state index contributed by atoms with van der Waals surface area (Å²) >= 11 is 0. The first kappa shape index (κ1) is 13.9. The van der Waals surface area contributed by atoms with Gasteiger partial charge in [-0.3, -0.25) is 4.90 Å². The lowest BCUT2D eigenvalue weighted by molar-refractivity contribution is -0.0263. The lowest BCUT2D eigenvalue weighted by Gasteiger charge is -2.33. The van der Waals surface area contributed by atoms with Gasteiger partial charge in [0.25, 0.3) is 0 Å². The minimum absolute atomic E-state index is 0.378. The van der Waals surface area contributed by atoms with E-state index in [2.05, 4.69) is 37.9 Å². The smallest absolute Gasteiger partial charge is 0.0826 e. The number of hydrogen-bond acceptors (Lipinski definition) is 3. The van der Waals surface area contributed by atoms with E-state index in [4.69, 9.17) is 4.74 Å². The maximum Gasteiger partial charge on any atom is 0.0826 e. The third kappa shape index (κ3) is 5.28. The van der Waals surface area contributed by atoms with Crippen molar-refractivity contribution in [3.63, 3.8) is 0 Å². The predicted octanol–water partition coefficient (Wildman–Crippen LogP) is 1.73. The fourth-order valence-electron chi connectivity index (χ4n) is 2.31. The Morgan fingerprint density at radius 2 is 2.12 bits per heavy atom. The molecule has 1 heterocycles. The van der Waals surface area contributed by atoms with Crippen LogP contribution >= 0.6 is 0 Å². The average molecular weight is 228 g/mol. The lowest BCUT2D eigenvalue weighted by atomic mass is 10.1. The number of hydrogen-bond donors (Lipinski definition) is 1. The van der Waals surface area contributed by atoms with Gasteiger partial charge >= 0.3 is 0 Å². The number of rotatable bonds is 6. The van der Waals surface area contributed by atoms with Crippen molar-refractivity contribution >= 4 is 0 Å². The van der Waals surface area contributed by atoms with Gasteiger partial charge in [-0.05, 0) is 25.8 Å². The highest BCUT2D eigenvalue weighted by molar-refractivity contribution is 4.74. The molecule has 0 aliphatic carbocycles. The molecule has 2 unspecified atom stereocenters. The van der Waals surface area contributed by atoms with Crippen LogP contribution < -0.4 is 5.32 Å². The molecule has 1 aliphatic heterocycles. The SMILES string of the molecule is CCN1CCOC(CNC(C)CC(C)C)C1. The summed E-state index contributed by atoms with van der Waals surface area (Å²) in [7, 11) is 0. The second-order valence-electron chi connectivity index (χ2n) is 5.32. The van der Waals surface area contributed by atoms with Gasteiger partial charge < -0.3 is 10.1 Å². The van der Waals surface area contributed by atoms with Gasteiger partial charge in [0, 0.05) is 25.7 Å². The van der Waals surface area contributed by atoms with Crippen LogP contribution in [0.4, 0.5) is 0 Å². The molecule has 0 amide bonds. The molecule has 3 heteroatoms. The first-order valence-electron chi connectivity index (χ1n) is 6.69. The van der Waals surface area contributed by atoms with Crippen molar-refractivity contribution in [3.8, 4) is 0 Å². The summed E-state index contributed by atoms with van der Waals surface area (Å²) in [6.07, 6.45) is 1.62. The van der Waals surface area contributed by atoms with Gasteiger partial charge in [0.2, 0.25) is 0 Å². The molecule has 0 radical (unpaired) electrons. The highest BCUT2D eigenvalue weighted by Gasteiger charge is 2.19. The predicted molar refractivity (Wildman–Crippen MR) is 68.8 cm³/mol. The van der Waals surface area contributed by atoms with Crippen LogP contribution in [0.15, 0.2) is 0 Å². The van der Waals surface area contributed by atoms with Crippen LogP contribution in [0.25, 0.3) is 0 Å². The summed E-state index contributed by atoms with van der Waals surface area (Å²) < 4.78 is 5.76. The summed E-state index contributed by atoms with van der Waals surface area (Å²) in [5.74, 6) is 0.766. The number of nitrogens with zero attached hydrogens (tertiary/aromatic N) is 1. The van der Waals surface area contributed by atoms with Crippen LogP contribution in [0.2, 0.25) is 0 Å². The van der Waals surface area contributed by atoms with E-state index in [-0.39, 0.29) is 0 Å². The Morgan fingerprint density at radius 1 is 1.38 bits per heavy atom. The van der Waals surface area contributed by atoms with Crippen LogP contribution in [-0.2, 0) is 4.74 Å². The largest absolute Gasteiger partial charge is 0.374 e. The Kier molecular flexibility index (Phi) is 6.32. The zero-order chi connectivity index (χ0) is 12.0. The number of ether oxygens (including phenoxy) is 1. The van der Waals surface area contributed by atoms with Gasteiger partial charge in [-0.25, -0.2) is 0 Å². The van der Waals surface area contributed by atoms with Gasteiger partial charge in [0.15, 0.2) is 0 Å². The second kappa shape index (κ2) is 7.25. The van der Waals surface area contributed by atoms with E-state index in [1.165, 1.54) is 6.42 Å². The summed E-state index contributed by atoms with van der Waals surface area (Å²) in [4.78, 5) is 2.46. The van der Waals surface area contributed by atoms with Gasteiger partial charge in [-0.2, -0.15) is 0 Å². The van der Waals surface area contributed by atoms with Crippen molar-refractivity contribution < 1.29 is 4.74 Å². The maximum absolute atomic E-state index is 5.76. The highest BCUT2D eigenvalue weighted by atomic mass is 16.5. The van der Waals surface area contributed by atoms with Crippen LogP contribution in [-0.4, -0.2) is 49.8 Å². The van der Waals surface area contributed by atoms with Crippen LogP contribution in [0, 0.1) is 5.92 Å². The summed E-state index contributed by atoms with van der Waals surface area (Å²) in [6.45, 7) is 14.2. The molecule has 2 atom stereocenters. The molecule has 16 heavy (non-hydrogen) atoms. The maximum atomic E-state index is 5.76. The van der Waals surface area contributed by atoms with Crippen LogP contribution in [0.5, 0.6) is 0 Å². The standard InChI is InChI=1S/C13H28N2O/c1-5-15-6-7-16-13(10-15)9-14-12(4)8-11(2)3/h11-14H,5-10H2,1-4H3. The first-order valence-corrected chi connectivity index (χ1v) is 6.69. The molecule has 0 saturated carbocycles. The van der Waals surface area contributed by atoms with Crippen molar-refractivity contribution in [3.05, 3.63) is 0 Å². The van der Waals surface area contributed by atoms with E-state index >= 15 is 0 Å². The lowest BCUT2D eigenvalue weighted by Crippen LogP contribution is -2.47. The molecule has 96 valence electrons. The average Bonchev–Trinajstić information content (AvgIpc) is 2.26. The molecular formula is C13H28N2O. The fraction of sp³-hybridized carbons (Fsp3) is 1.00. The zero-order valence-electron chi connectivity index (χ0n) is 11.3. The molecule has 0 spiro atoms. The van der Waals surface area contributed by atoms with Gasteiger partial charge in [-0.1, -0.05) is 20.8 Å². The van der Waals surface area contributed by atoms with Crippen molar-refractivity contribution in [2.24, 2.45) is 5.92 Å². The summed E-state index contributed by atoms with van der Waals surface area (Å²) in [5, 5.41) is 3.58. The topological polar surface area (TPSA) is 24.5 Å². The monoisotopic (exact) mass is 228 g/mol. The molecule has 0 aromatic heterocycles. The van der Waals surface area contributed by atoms with E-state index in [1.807, 2.05) is 0 Å². The molecule has 1 rings (SSSR count).